The highest BCUT2D eigenvalue weighted by Gasteiger charge is 2.32. The molecule has 0 aromatic heterocycles. The van der Waals surface area contributed by atoms with Gasteiger partial charge in [0, 0.05) is 0 Å². The van der Waals surface area contributed by atoms with Crippen molar-refractivity contribution in [2.45, 2.75) is 58.7 Å². The Bertz CT molecular complexity index is 595. The summed E-state index contributed by atoms with van der Waals surface area (Å²) in [5.74, 6) is -4.67. The molecule has 0 saturated carbocycles. The fourth-order valence-electron chi connectivity index (χ4n) is 2.21. The van der Waals surface area contributed by atoms with Crippen LogP contribution in [0.2, 0.25) is 0 Å². The summed E-state index contributed by atoms with van der Waals surface area (Å²) in [6.07, 6.45) is 0.0187. The highest BCUT2D eigenvalue weighted by molar-refractivity contribution is 5.95. The highest BCUT2D eigenvalue weighted by atomic mass is 16.4. The summed E-state index contributed by atoms with van der Waals surface area (Å²) in [5.41, 5.74) is 10.9. The molecule has 4 amide bonds. The molecular formula is C17H31N5O6. The summed E-state index contributed by atoms with van der Waals surface area (Å²) in [7, 11) is 0. The summed E-state index contributed by atoms with van der Waals surface area (Å²) < 4.78 is 0. The molecule has 4 atom stereocenters. The predicted octanol–water partition coefficient (Wildman–Crippen LogP) is -1.94. The van der Waals surface area contributed by atoms with Crippen molar-refractivity contribution in [3.63, 3.8) is 0 Å². The number of carboxylic acids is 1. The van der Waals surface area contributed by atoms with Gasteiger partial charge in [-0.25, -0.2) is 0 Å². The quantitative estimate of drug-likeness (QED) is 0.219. The number of aliphatic carboxylic acids is 1. The average molecular weight is 401 g/mol. The standard InChI is InChI=1S/C17H31N5O6/c1-5-9(4)14(22-16(27)13(19)8(2)3)17(28)21-10(6-11(18)23)15(26)20-7-12(24)25/h8-10,13-14H,5-7,19H2,1-4H3,(H2,18,23)(H,20,26)(H,21,28)(H,22,27)(H,24,25). The zero-order chi connectivity index (χ0) is 22.0. The van der Waals surface area contributed by atoms with E-state index in [9.17, 15) is 24.0 Å². The molecule has 11 heteroatoms. The van der Waals surface area contributed by atoms with Crippen molar-refractivity contribution in [1.29, 1.82) is 0 Å². The first-order valence-corrected chi connectivity index (χ1v) is 9.04. The van der Waals surface area contributed by atoms with Crippen LogP contribution in [0.5, 0.6) is 0 Å². The average Bonchev–Trinajstić information content (AvgIpc) is 2.61. The lowest BCUT2D eigenvalue weighted by Crippen LogP contribution is -2.58. The minimum atomic E-state index is -1.37. The summed E-state index contributed by atoms with van der Waals surface area (Å²) >= 11 is 0. The van der Waals surface area contributed by atoms with E-state index in [4.69, 9.17) is 16.6 Å². The van der Waals surface area contributed by atoms with Crippen molar-refractivity contribution in [2.75, 3.05) is 6.54 Å². The molecule has 0 aliphatic carbocycles. The number of hydrogen-bond donors (Lipinski definition) is 6. The van der Waals surface area contributed by atoms with Crippen molar-refractivity contribution in [3.05, 3.63) is 0 Å². The minimum Gasteiger partial charge on any atom is -0.480 e. The van der Waals surface area contributed by atoms with Crippen molar-refractivity contribution in [3.8, 4) is 0 Å². The number of carboxylic acid groups (broad SMARTS) is 1. The lowest BCUT2D eigenvalue weighted by molar-refractivity contribution is -0.139. The molecule has 0 aromatic carbocycles. The van der Waals surface area contributed by atoms with Crippen LogP contribution in [0, 0.1) is 11.8 Å². The van der Waals surface area contributed by atoms with Crippen LogP contribution >= 0.6 is 0 Å². The van der Waals surface area contributed by atoms with Crippen LogP contribution in [0.25, 0.3) is 0 Å². The van der Waals surface area contributed by atoms with Gasteiger partial charge >= 0.3 is 5.97 Å². The van der Waals surface area contributed by atoms with Gasteiger partial charge in [0.2, 0.25) is 23.6 Å². The Labute approximate surface area is 164 Å². The van der Waals surface area contributed by atoms with Crippen LogP contribution < -0.4 is 27.4 Å². The highest BCUT2D eigenvalue weighted by Crippen LogP contribution is 2.10. The molecule has 8 N–H and O–H groups in total. The van der Waals surface area contributed by atoms with E-state index in [-0.39, 0.29) is 11.8 Å². The molecule has 0 bridgehead atoms. The third kappa shape index (κ3) is 8.80. The molecule has 0 rings (SSSR count). The van der Waals surface area contributed by atoms with Crippen molar-refractivity contribution >= 4 is 29.6 Å². The Balaban J connectivity index is 5.34. The maximum Gasteiger partial charge on any atom is 0.322 e. The maximum absolute atomic E-state index is 12.7. The van der Waals surface area contributed by atoms with E-state index in [1.165, 1.54) is 0 Å². The Kier molecular flexibility index (Phi) is 10.8. The summed E-state index contributed by atoms with van der Waals surface area (Å²) in [4.78, 5) is 58.9. The van der Waals surface area contributed by atoms with E-state index in [0.29, 0.717) is 6.42 Å². The van der Waals surface area contributed by atoms with Crippen LogP contribution in [0.15, 0.2) is 0 Å². The number of rotatable bonds is 12. The van der Waals surface area contributed by atoms with Crippen LogP contribution in [0.4, 0.5) is 0 Å². The van der Waals surface area contributed by atoms with Crippen LogP contribution in [0.1, 0.15) is 40.5 Å². The minimum absolute atomic E-state index is 0.148. The Morgan fingerprint density at radius 3 is 1.96 bits per heavy atom. The molecular weight excluding hydrogens is 370 g/mol. The fourth-order valence-corrected chi connectivity index (χ4v) is 2.21. The molecule has 11 nitrogen and oxygen atoms in total. The van der Waals surface area contributed by atoms with E-state index in [1.807, 2.05) is 6.92 Å². The topological polar surface area (TPSA) is 194 Å². The van der Waals surface area contributed by atoms with Gasteiger partial charge in [-0.2, -0.15) is 0 Å². The zero-order valence-corrected chi connectivity index (χ0v) is 16.7. The van der Waals surface area contributed by atoms with Gasteiger partial charge in [-0.1, -0.05) is 34.1 Å². The SMILES string of the molecule is CCC(C)C(NC(=O)C(N)C(C)C)C(=O)NC(CC(N)=O)C(=O)NCC(=O)O. The largest absolute Gasteiger partial charge is 0.480 e. The second-order valence-electron chi connectivity index (χ2n) is 6.98. The molecule has 0 aliphatic heterocycles. The molecule has 0 radical (unpaired) electrons. The molecule has 0 aromatic rings. The van der Waals surface area contributed by atoms with Crippen molar-refractivity contribution in [2.24, 2.45) is 23.3 Å². The van der Waals surface area contributed by atoms with Gasteiger partial charge in [0.15, 0.2) is 0 Å². The van der Waals surface area contributed by atoms with E-state index >= 15 is 0 Å². The number of primary amides is 1. The molecule has 0 heterocycles. The van der Waals surface area contributed by atoms with Crippen LogP contribution in [-0.2, 0) is 24.0 Å². The first-order chi connectivity index (χ1) is 12.9. The third-order valence-electron chi connectivity index (χ3n) is 4.27. The lowest BCUT2D eigenvalue weighted by Gasteiger charge is -2.27. The fraction of sp³-hybridized carbons (Fsp3) is 0.706. The molecule has 160 valence electrons. The van der Waals surface area contributed by atoms with E-state index in [0.717, 1.165) is 0 Å². The van der Waals surface area contributed by atoms with Crippen molar-refractivity contribution < 1.29 is 29.1 Å². The zero-order valence-electron chi connectivity index (χ0n) is 16.7. The predicted molar refractivity (Wildman–Crippen MR) is 101 cm³/mol. The molecule has 0 aliphatic rings. The smallest absolute Gasteiger partial charge is 0.322 e. The second kappa shape index (κ2) is 11.9. The van der Waals surface area contributed by atoms with Gasteiger partial charge in [0.25, 0.3) is 0 Å². The van der Waals surface area contributed by atoms with Gasteiger partial charge < -0.3 is 32.5 Å². The third-order valence-corrected chi connectivity index (χ3v) is 4.27. The molecule has 28 heavy (non-hydrogen) atoms. The number of carbonyl (C=O) groups is 5. The summed E-state index contributed by atoms with van der Waals surface area (Å²) in [6, 6.07) is -3.18. The van der Waals surface area contributed by atoms with Gasteiger partial charge in [0.05, 0.1) is 12.5 Å². The van der Waals surface area contributed by atoms with Gasteiger partial charge in [-0.15, -0.1) is 0 Å². The van der Waals surface area contributed by atoms with Crippen LogP contribution in [0.3, 0.4) is 0 Å². The van der Waals surface area contributed by atoms with Gasteiger partial charge in [-0.05, 0) is 11.8 Å². The van der Waals surface area contributed by atoms with Crippen LogP contribution in [-0.4, -0.2) is 59.4 Å². The first-order valence-electron chi connectivity index (χ1n) is 9.04. The summed E-state index contributed by atoms with van der Waals surface area (Å²) in [5, 5.41) is 15.7. The summed E-state index contributed by atoms with van der Waals surface area (Å²) in [6.45, 7) is 6.40. The number of nitrogens with one attached hydrogen (secondary N) is 3. The second-order valence-corrected chi connectivity index (χ2v) is 6.98. The number of nitrogens with two attached hydrogens (primary N) is 2. The Morgan fingerprint density at radius 1 is 0.964 bits per heavy atom. The van der Waals surface area contributed by atoms with E-state index in [1.54, 1.807) is 20.8 Å². The Morgan fingerprint density at radius 2 is 1.54 bits per heavy atom. The molecule has 0 fully saturated rings. The Hall–Kier alpha value is -2.69. The number of hydrogen-bond acceptors (Lipinski definition) is 6. The van der Waals surface area contributed by atoms with Gasteiger partial charge in [0.1, 0.15) is 18.6 Å². The normalized spacial score (nSPS) is 15.1. The van der Waals surface area contributed by atoms with Gasteiger partial charge in [-0.3, -0.25) is 24.0 Å². The lowest BCUT2D eigenvalue weighted by atomic mass is 9.96. The first kappa shape index (κ1) is 25.3. The van der Waals surface area contributed by atoms with E-state index in [2.05, 4.69) is 16.0 Å². The van der Waals surface area contributed by atoms with E-state index < -0.39 is 60.7 Å². The molecule has 4 unspecified atom stereocenters. The number of amides is 4. The monoisotopic (exact) mass is 401 g/mol. The number of carbonyl (C=O) groups excluding carboxylic acids is 4. The maximum atomic E-state index is 12.7. The molecule has 0 spiro atoms. The van der Waals surface area contributed by atoms with Crippen molar-refractivity contribution in [1.82, 2.24) is 16.0 Å². The molecule has 0 saturated heterocycles.